The zero-order valence-electron chi connectivity index (χ0n) is 12.0. The molecule has 114 valence electrons. The first-order valence-corrected chi connectivity index (χ1v) is 7.59. The predicted molar refractivity (Wildman–Crippen MR) is 83.0 cm³/mol. The molecule has 0 N–H and O–H groups in total. The number of carbonyl (C=O) groups is 1. The van der Waals surface area contributed by atoms with Crippen LogP contribution in [0.2, 0.25) is 5.02 Å². The Labute approximate surface area is 133 Å². The lowest BCUT2D eigenvalue weighted by Gasteiger charge is -2.32. The van der Waals surface area contributed by atoms with E-state index in [0.29, 0.717) is 29.7 Å². The van der Waals surface area contributed by atoms with E-state index < -0.39 is 0 Å². The zero-order valence-corrected chi connectivity index (χ0v) is 12.7. The molecule has 1 atom stereocenters. The van der Waals surface area contributed by atoms with Gasteiger partial charge in [0, 0.05) is 18.9 Å². The van der Waals surface area contributed by atoms with Crippen LogP contribution in [0.25, 0.3) is 0 Å². The number of benzene rings is 1. The van der Waals surface area contributed by atoms with Crippen molar-refractivity contribution in [2.45, 2.75) is 18.9 Å². The molecule has 1 aliphatic rings. The molecule has 0 spiro atoms. The minimum absolute atomic E-state index is 0.0621. The van der Waals surface area contributed by atoms with E-state index in [-0.39, 0.29) is 12.0 Å². The molecule has 3 rings (SSSR count). The van der Waals surface area contributed by atoms with E-state index in [1.807, 2.05) is 12.1 Å². The van der Waals surface area contributed by atoms with Crippen molar-refractivity contribution in [2.24, 2.45) is 0 Å². The van der Waals surface area contributed by atoms with Gasteiger partial charge in [-0.2, -0.15) is 0 Å². The van der Waals surface area contributed by atoms with Gasteiger partial charge in [0.25, 0.3) is 5.91 Å². The van der Waals surface area contributed by atoms with Gasteiger partial charge in [-0.15, -0.1) is 0 Å². The summed E-state index contributed by atoms with van der Waals surface area (Å²) >= 11 is 6.11. The third-order valence-corrected chi connectivity index (χ3v) is 3.91. The van der Waals surface area contributed by atoms with Crippen molar-refractivity contribution in [3.05, 3.63) is 53.3 Å². The second-order valence-corrected chi connectivity index (χ2v) is 5.55. The molecule has 22 heavy (non-hydrogen) atoms. The molecule has 6 heteroatoms. The highest BCUT2D eigenvalue weighted by Crippen LogP contribution is 2.21. The topological polar surface area (TPSA) is 55.3 Å². The summed E-state index contributed by atoms with van der Waals surface area (Å²) in [6, 6.07) is 9.18. The number of amides is 1. The van der Waals surface area contributed by atoms with Gasteiger partial charge in [0.15, 0.2) is 0 Å². The maximum absolute atomic E-state index is 12.6. The number of rotatable bonds is 3. The van der Waals surface area contributed by atoms with Crippen molar-refractivity contribution in [2.75, 3.05) is 13.1 Å². The Morgan fingerprint density at radius 1 is 1.23 bits per heavy atom. The second-order valence-electron chi connectivity index (χ2n) is 5.14. The molecular weight excluding hydrogens is 302 g/mol. The molecule has 0 radical (unpaired) electrons. The first kappa shape index (κ1) is 14.8. The van der Waals surface area contributed by atoms with Crippen LogP contribution >= 0.6 is 11.6 Å². The Balaban J connectivity index is 1.68. The molecule has 0 bridgehead atoms. The maximum atomic E-state index is 12.6. The molecule has 1 fully saturated rings. The van der Waals surface area contributed by atoms with E-state index >= 15 is 0 Å². The van der Waals surface area contributed by atoms with E-state index in [0.717, 1.165) is 12.8 Å². The van der Waals surface area contributed by atoms with Crippen LogP contribution < -0.4 is 4.74 Å². The third kappa shape index (κ3) is 3.36. The lowest BCUT2D eigenvalue weighted by Crippen LogP contribution is -2.44. The van der Waals surface area contributed by atoms with Crippen molar-refractivity contribution in [3.8, 4) is 6.01 Å². The van der Waals surface area contributed by atoms with E-state index in [2.05, 4.69) is 9.97 Å². The van der Waals surface area contributed by atoms with Gasteiger partial charge in [0.2, 0.25) is 0 Å². The van der Waals surface area contributed by atoms with Gasteiger partial charge in [-0.3, -0.25) is 4.79 Å². The first-order valence-electron chi connectivity index (χ1n) is 7.21. The average molecular weight is 318 g/mol. The Bertz CT molecular complexity index is 651. The third-order valence-electron chi connectivity index (χ3n) is 3.58. The number of hydrogen-bond donors (Lipinski definition) is 0. The van der Waals surface area contributed by atoms with Crippen molar-refractivity contribution < 1.29 is 9.53 Å². The fourth-order valence-electron chi connectivity index (χ4n) is 2.52. The maximum Gasteiger partial charge on any atom is 0.316 e. The van der Waals surface area contributed by atoms with Crippen LogP contribution in [-0.4, -0.2) is 40.0 Å². The summed E-state index contributed by atoms with van der Waals surface area (Å²) in [5, 5.41) is 0.474. The van der Waals surface area contributed by atoms with Gasteiger partial charge in [0.05, 0.1) is 17.1 Å². The summed E-state index contributed by atoms with van der Waals surface area (Å²) in [5.74, 6) is -0.0621. The average Bonchev–Trinajstić information content (AvgIpc) is 2.56. The Morgan fingerprint density at radius 3 is 2.77 bits per heavy atom. The normalized spacial score (nSPS) is 18.0. The quantitative estimate of drug-likeness (QED) is 0.873. The van der Waals surface area contributed by atoms with E-state index in [1.54, 1.807) is 35.5 Å². The van der Waals surface area contributed by atoms with Crippen LogP contribution in [0.1, 0.15) is 23.2 Å². The van der Waals surface area contributed by atoms with Crippen LogP contribution in [0, 0.1) is 0 Å². The number of piperidine rings is 1. The number of nitrogens with zero attached hydrogens (tertiary/aromatic N) is 3. The zero-order chi connectivity index (χ0) is 15.4. The van der Waals surface area contributed by atoms with E-state index in [4.69, 9.17) is 16.3 Å². The van der Waals surface area contributed by atoms with Crippen LogP contribution in [0.4, 0.5) is 0 Å². The van der Waals surface area contributed by atoms with Crippen molar-refractivity contribution in [1.82, 2.24) is 14.9 Å². The fourth-order valence-corrected chi connectivity index (χ4v) is 2.74. The fraction of sp³-hybridized carbons (Fsp3) is 0.312. The largest absolute Gasteiger partial charge is 0.458 e. The summed E-state index contributed by atoms with van der Waals surface area (Å²) in [6.45, 7) is 1.22. The predicted octanol–water partition coefficient (Wildman–Crippen LogP) is 2.81. The summed E-state index contributed by atoms with van der Waals surface area (Å²) < 4.78 is 5.75. The van der Waals surface area contributed by atoms with Crippen molar-refractivity contribution in [3.63, 3.8) is 0 Å². The number of ether oxygens (including phenoxy) is 1. The molecular formula is C16H16ClN3O2. The second kappa shape index (κ2) is 6.75. The summed E-state index contributed by atoms with van der Waals surface area (Å²) in [6.07, 6.45) is 4.94. The van der Waals surface area contributed by atoms with Crippen LogP contribution in [-0.2, 0) is 0 Å². The van der Waals surface area contributed by atoms with Crippen LogP contribution in [0.3, 0.4) is 0 Å². The van der Waals surface area contributed by atoms with Gasteiger partial charge in [0.1, 0.15) is 6.10 Å². The number of likely N-dealkylation sites (tertiary alicyclic amines) is 1. The van der Waals surface area contributed by atoms with Gasteiger partial charge in [-0.05, 0) is 31.0 Å². The lowest BCUT2D eigenvalue weighted by atomic mass is 10.1. The number of carbonyl (C=O) groups excluding carboxylic acids is 1. The van der Waals surface area contributed by atoms with Gasteiger partial charge >= 0.3 is 6.01 Å². The molecule has 1 saturated heterocycles. The molecule has 1 aromatic heterocycles. The van der Waals surface area contributed by atoms with Crippen molar-refractivity contribution >= 4 is 17.5 Å². The Morgan fingerprint density at radius 2 is 2.00 bits per heavy atom. The molecule has 1 aliphatic heterocycles. The van der Waals surface area contributed by atoms with Gasteiger partial charge in [-0.25, -0.2) is 9.97 Å². The molecule has 0 aliphatic carbocycles. The highest BCUT2D eigenvalue weighted by molar-refractivity contribution is 6.33. The summed E-state index contributed by atoms with van der Waals surface area (Å²) in [5.41, 5.74) is 0.528. The summed E-state index contributed by atoms with van der Waals surface area (Å²) in [7, 11) is 0. The molecule has 1 unspecified atom stereocenters. The minimum atomic E-state index is -0.0948. The van der Waals surface area contributed by atoms with Gasteiger partial charge in [-0.1, -0.05) is 23.7 Å². The molecule has 1 aromatic carbocycles. The number of halogens is 1. The Hall–Kier alpha value is -2.14. The van der Waals surface area contributed by atoms with Crippen LogP contribution in [0.15, 0.2) is 42.7 Å². The highest BCUT2D eigenvalue weighted by Gasteiger charge is 2.27. The number of hydrogen-bond acceptors (Lipinski definition) is 4. The first-order chi connectivity index (χ1) is 10.7. The lowest BCUT2D eigenvalue weighted by molar-refractivity contribution is 0.0516. The smallest absolute Gasteiger partial charge is 0.316 e. The van der Waals surface area contributed by atoms with Gasteiger partial charge < -0.3 is 9.64 Å². The van der Waals surface area contributed by atoms with Crippen LogP contribution in [0.5, 0.6) is 6.01 Å². The molecule has 0 saturated carbocycles. The monoisotopic (exact) mass is 317 g/mol. The standard InChI is InChI=1S/C16H16ClN3O2/c17-14-7-2-1-6-13(14)15(21)20-10-3-5-12(11-20)22-16-18-8-4-9-19-16/h1-2,4,6-9,12H,3,5,10-11H2. The van der Waals surface area contributed by atoms with Crippen molar-refractivity contribution in [1.29, 1.82) is 0 Å². The van der Waals surface area contributed by atoms with E-state index in [9.17, 15) is 4.79 Å². The molecule has 2 aromatic rings. The number of aromatic nitrogens is 2. The molecule has 2 heterocycles. The minimum Gasteiger partial charge on any atom is -0.458 e. The molecule has 5 nitrogen and oxygen atoms in total. The summed E-state index contributed by atoms with van der Waals surface area (Å²) in [4.78, 5) is 22.5. The molecule has 1 amide bonds. The SMILES string of the molecule is O=C(c1ccccc1Cl)N1CCCC(Oc2ncccn2)C1. The Kier molecular flexibility index (Phi) is 4.53. The highest BCUT2D eigenvalue weighted by atomic mass is 35.5. The van der Waals surface area contributed by atoms with E-state index in [1.165, 1.54) is 0 Å².